The van der Waals surface area contributed by atoms with Crippen LogP contribution in [0.1, 0.15) is 17.0 Å². The summed E-state index contributed by atoms with van der Waals surface area (Å²) < 4.78 is 41.5. The number of aromatic nitrogens is 1. The number of nitrogens with zero attached hydrogens (tertiary/aromatic N) is 2. The molecule has 1 heterocycles. The lowest BCUT2D eigenvalue weighted by Gasteiger charge is -2.16. The molecule has 0 bridgehead atoms. The van der Waals surface area contributed by atoms with E-state index in [2.05, 4.69) is 10.5 Å². The van der Waals surface area contributed by atoms with E-state index in [1.54, 1.807) is 18.2 Å². The van der Waals surface area contributed by atoms with Crippen LogP contribution in [0, 0.1) is 13.8 Å². The number of methoxy groups -OCH3 is 2. The van der Waals surface area contributed by atoms with Gasteiger partial charge in [0.05, 0.1) is 20.8 Å². The number of rotatable bonds is 8. The van der Waals surface area contributed by atoms with Crippen molar-refractivity contribution in [2.75, 3.05) is 27.8 Å². The molecule has 2 rings (SSSR count). The van der Waals surface area contributed by atoms with E-state index in [9.17, 15) is 13.2 Å². The number of carbonyl (C=O) groups is 1. The van der Waals surface area contributed by atoms with Crippen molar-refractivity contribution in [1.82, 2.24) is 14.8 Å². The lowest BCUT2D eigenvalue weighted by atomic mass is 10.2. The third-order valence-electron chi connectivity index (χ3n) is 3.94. The second-order valence-electron chi connectivity index (χ2n) is 5.88. The number of benzene rings is 1. The molecule has 0 saturated carbocycles. The van der Waals surface area contributed by atoms with Crippen molar-refractivity contribution in [3.8, 4) is 11.5 Å². The molecule has 9 nitrogen and oxygen atoms in total. The normalized spacial score (nSPS) is 11.5. The molecule has 1 aromatic heterocycles. The highest BCUT2D eigenvalue weighted by molar-refractivity contribution is 7.89. The summed E-state index contributed by atoms with van der Waals surface area (Å²) in [7, 11) is 0.514. The Hall–Kier alpha value is -2.59. The zero-order valence-electron chi connectivity index (χ0n) is 15.9. The fraction of sp³-hybridized carbons (Fsp3) is 0.412. The molecule has 0 atom stereocenters. The Labute approximate surface area is 158 Å². The van der Waals surface area contributed by atoms with Crippen molar-refractivity contribution in [3.63, 3.8) is 0 Å². The fourth-order valence-electron chi connectivity index (χ4n) is 2.53. The highest BCUT2D eigenvalue weighted by atomic mass is 32.2. The molecule has 1 amide bonds. The minimum atomic E-state index is -3.87. The largest absolute Gasteiger partial charge is 0.493 e. The van der Waals surface area contributed by atoms with Crippen molar-refractivity contribution in [1.29, 1.82) is 0 Å². The molecule has 0 aliphatic carbocycles. The van der Waals surface area contributed by atoms with E-state index >= 15 is 0 Å². The average molecular weight is 397 g/mol. The zero-order chi connectivity index (χ0) is 20.2. The van der Waals surface area contributed by atoms with Crippen molar-refractivity contribution in [3.05, 3.63) is 35.2 Å². The minimum absolute atomic E-state index is 0.0160. The van der Waals surface area contributed by atoms with Crippen molar-refractivity contribution < 1.29 is 27.2 Å². The van der Waals surface area contributed by atoms with E-state index in [4.69, 9.17) is 14.0 Å². The summed E-state index contributed by atoms with van der Waals surface area (Å²) in [5.74, 6) is 0.868. The van der Waals surface area contributed by atoms with E-state index in [0.717, 1.165) is 9.87 Å². The average Bonchev–Trinajstić information content (AvgIpc) is 2.98. The van der Waals surface area contributed by atoms with Gasteiger partial charge in [-0.25, -0.2) is 8.42 Å². The number of likely N-dealkylation sites (N-methyl/N-ethyl adjacent to an activating group) is 1. The Kier molecular flexibility index (Phi) is 6.45. The molecule has 0 radical (unpaired) electrons. The molecule has 0 unspecified atom stereocenters. The van der Waals surface area contributed by atoms with Crippen LogP contribution in [-0.4, -0.2) is 51.6 Å². The number of hydrogen-bond acceptors (Lipinski definition) is 7. The first kappa shape index (κ1) is 20.7. The molecule has 148 valence electrons. The standard InChI is InChI=1S/C17H23N3O6S/c1-11-17(12(2)26-19-11)27(22,23)20(3)10-16(21)18-9-13-6-7-14(24-4)15(8-13)25-5/h6-8H,9-10H2,1-5H3,(H,18,21). The third kappa shape index (κ3) is 4.58. The number of carbonyl (C=O) groups excluding carboxylic acids is 1. The molecular weight excluding hydrogens is 374 g/mol. The van der Waals surface area contributed by atoms with Crippen LogP contribution in [0.3, 0.4) is 0 Å². The molecule has 0 spiro atoms. The van der Waals surface area contributed by atoms with Crippen LogP contribution in [0.25, 0.3) is 0 Å². The molecule has 1 aromatic carbocycles. The third-order valence-corrected chi connectivity index (χ3v) is 5.99. The number of amides is 1. The quantitative estimate of drug-likeness (QED) is 0.713. The monoisotopic (exact) mass is 397 g/mol. The second kappa shape index (κ2) is 8.40. The summed E-state index contributed by atoms with van der Waals surface area (Å²) in [5, 5.41) is 6.33. The van der Waals surface area contributed by atoms with Gasteiger partial charge < -0.3 is 19.3 Å². The van der Waals surface area contributed by atoms with E-state index < -0.39 is 15.9 Å². The smallest absolute Gasteiger partial charge is 0.248 e. The van der Waals surface area contributed by atoms with Gasteiger partial charge in [0.1, 0.15) is 10.6 Å². The van der Waals surface area contributed by atoms with Crippen LogP contribution in [0.2, 0.25) is 0 Å². The van der Waals surface area contributed by atoms with Crippen LogP contribution in [0.5, 0.6) is 11.5 Å². The van der Waals surface area contributed by atoms with Gasteiger partial charge in [0.15, 0.2) is 17.3 Å². The molecule has 27 heavy (non-hydrogen) atoms. The van der Waals surface area contributed by atoms with Gasteiger partial charge in [-0.15, -0.1) is 0 Å². The summed E-state index contributed by atoms with van der Waals surface area (Å²) in [6.45, 7) is 2.93. The first-order valence-electron chi connectivity index (χ1n) is 8.07. The molecular formula is C17H23N3O6S. The van der Waals surface area contributed by atoms with Crippen molar-refractivity contribution in [2.24, 2.45) is 0 Å². The van der Waals surface area contributed by atoms with E-state index in [0.29, 0.717) is 11.5 Å². The fourth-order valence-corrected chi connectivity index (χ4v) is 3.94. The minimum Gasteiger partial charge on any atom is -0.493 e. The number of aryl methyl sites for hydroxylation is 2. The Morgan fingerprint density at radius 3 is 2.44 bits per heavy atom. The highest BCUT2D eigenvalue weighted by Gasteiger charge is 2.29. The predicted molar refractivity (Wildman–Crippen MR) is 97.2 cm³/mol. The lowest BCUT2D eigenvalue weighted by Crippen LogP contribution is -2.38. The Morgan fingerprint density at radius 1 is 1.22 bits per heavy atom. The topological polar surface area (TPSA) is 111 Å². The van der Waals surface area contributed by atoms with Gasteiger partial charge in [-0.05, 0) is 31.5 Å². The van der Waals surface area contributed by atoms with Crippen LogP contribution < -0.4 is 14.8 Å². The van der Waals surface area contributed by atoms with Crippen molar-refractivity contribution in [2.45, 2.75) is 25.3 Å². The molecule has 0 fully saturated rings. The summed E-state index contributed by atoms with van der Waals surface area (Å²) in [4.78, 5) is 12.2. The molecule has 0 saturated heterocycles. The molecule has 1 N–H and O–H groups in total. The molecule has 0 aliphatic rings. The number of ether oxygens (including phenoxy) is 2. The Morgan fingerprint density at radius 2 is 1.89 bits per heavy atom. The summed E-state index contributed by atoms with van der Waals surface area (Å²) in [5.41, 5.74) is 1.04. The van der Waals surface area contributed by atoms with Crippen LogP contribution >= 0.6 is 0 Å². The predicted octanol–water partition coefficient (Wildman–Crippen LogP) is 1.25. The van der Waals surface area contributed by atoms with Gasteiger partial charge >= 0.3 is 0 Å². The van der Waals surface area contributed by atoms with Gasteiger partial charge in [0.2, 0.25) is 15.9 Å². The van der Waals surface area contributed by atoms with Gasteiger partial charge in [0, 0.05) is 13.6 Å². The Balaban J connectivity index is 2.01. The maximum Gasteiger partial charge on any atom is 0.248 e. The van der Waals surface area contributed by atoms with Crippen LogP contribution in [0.15, 0.2) is 27.6 Å². The van der Waals surface area contributed by atoms with Gasteiger partial charge in [-0.3, -0.25) is 4.79 Å². The molecule has 10 heteroatoms. The summed E-state index contributed by atoms with van der Waals surface area (Å²) in [6, 6.07) is 5.25. The first-order chi connectivity index (χ1) is 12.7. The van der Waals surface area contributed by atoms with E-state index in [1.165, 1.54) is 35.1 Å². The van der Waals surface area contributed by atoms with E-state index in [-0.39, 0.29) is 29.4 Å². The number of sulfonamides is 1. The first-order valence-corrected chi connectivity index (χ1v) is 9.51. The summed E-state index contributed by atoms with van der Waals surface area (Å²) >= 11 is 0. The maximum atomic E-state index is 12.6. The zero-order valence-corrected chi connectivity index (χ0v) is 16.7. The van der Waals surface area contributed by atoms with Crippen molar-refractivity contribution >= 4 is 15.9 Å². The molecule has 0 aliphatic heterocycles. The Bertz CT molecular complexity index is 903. The van der Waals surface area contributed by atoms with Gasteiger partial charge in [-0.2, -0.15) is 4.31 Å². The molecule has 2 aromatic rings. The van der Waals surface area contributed by atoms with Gasteiger partial charge in [-0.1, -0.05) is 11.2 Å². The van der Waals surface area contributed by atoms with Crippen LogP contribution in [0.4, 0.5) is 0 Å². The SMILES string of the molecule is COc1ccc(CNC(=O)CN(C)S(=O)(=O)c2c(C)noc2C)cc1OC. The highest BCUT2D eigenvalue weighted by Crippen LogP contribution is 2.27. The van der Waals surface area contributed by atoms with E-state index in [1.807, 2.05) is 0 Å². The van der Waals surface area contributed by atoms with Crippen LogP contribution in [-0.2, 0) is 21.4 Å². The maximum absolute atomic E-state index is 12.6. The number of nitrogens with one attached hydrogen (secondary N) is 1. The summed E-state index contributed by atoms with van der Waals surface area (Å²) in [6.07, 6.45) is 0. The number of hydrogen-bond donors (Lipinski definition) is 1. The van der Waals surface area contributed by atoms with Gasteiger partial charge in [0.25, 0.3) is 0 Å². The lowest BCUT2D eigenvalue weighted by molar-refractivity contribution is -0.121. The second-order valence-corrected chi connectivity index (χ2v) is 7.86.